The number of rotatable bonds is 7. The highest BCUT2D eigenvalue weighted by Crippen LogP contribution is 2.31. The molecule has 0 fully saturated rings. The van der Waals surface area contributed by atoms with Gasteiger partial charge in [0.15, 0.2) is 17.6 Å². The standard InChI is InChI=1S/C23H31N3O3/c1-5-26(15-19-16-28-21-8-6-7-9-22(21)29-19)23(27)24-14-20(25(3)4)18-12-10-17(2)11-13-18/h6-13,19-20H,5,14-16H2,1-4H3,(H,24,27). The van der Waals surface area contributed by atoms with E-state index in [0.29, 0.717) is 26.2 Å². The Morgan fingerprint density at radius 2 is 1.83 bits per heavy atom. The van der Waals surface area contributed by atoms with Crippen molar-refractivity contribution in [1.82, 2.24) is 15.1 Å². The maximum absolute atomic E-state index is 12.8. The minimum atomic E-state index is -0.183. The number of benzene rings is 2. The fourth-order valence-corrected chi connectivity index (χ4v) is 3.44. The van der Waals surface area contributed by atoms with Crippen molar-refractivity contribution in [1.29, 1.82) is 0 Å². The predicted octanol–water partition coefficient (Wildman–Crippen LogP) is 3.47. The van der Waals surface area contributed by atoms with Crippen LogP contribution in [0.15, 0.2) is 48.5 Å². The molecule has 2 aromatic rings. The monoisotopic (exact) mass is 397 g/mol. The Morgan fingerprint density at radius 1 is 1.14 bits per heavy atom. The van der Waals surface area contributed by atoms with E-state index < -0.39 is 0 Å². The van der Waals surface area contributed by atoms with Crippen molar-refractivity contribution in [2.45, 2.75) is 26.0 Å². The molecule has 2 atom stereocenters. The number of nitrogens with one attached hydrogen (secondary N) is 1. The molecule has 0 aliphatic carbocycles. The van der Waals surface area contributed by atoms with Crippen molar-refractivity contribution in [2.24, 2.45) is 0 Å². The highest BCUT2D eigenvalue weighted by atomic mass is 16.6. The number of para-hydroxylation sites is 2. The maximum atomic E-state index is 12.8. The SMILES string of the molecule is CCN(CC1COc2ccccc2O1)C(=O)NCC(c1ccc(C)cc1)N(C)C. The summed E-state index contributed by atoms with van der Waals surface area (Å²) in [5, 5.41) is 3.09. The summed E-state index contributed by atoms with van der Waals surface area (Å²) in [5.41, 5.74) is 2.41. The van der Waals surface area contributed by atoms with Gasteiger partial charge in [0.2, 0.25) is 0 Å². The molecular formula is C23H31N3O3. The molecule has 2 amide bonds. The summed E-state index contributed by atoms with van der Waals surface area (Å²) in [6.07, 6.45) is -0.183. The molecule has 156 valence electrons. The number of hydrogen-bond donors (Lipinski definition) is 1. The van der Waals surface area contributed by atoms with Gasteiger partial charge < -0.3 is 24.6 Å². The van der Waals surface area contributed by atoms with Crippen LogP contribution in [-0.4, -0.2) is 62.3 Å². The molecule has 3 rings (SSSR count). The lowest BCUT2D eigenvalue weighted by Crippen LogP contribution is -2.48. The van der Waals surface area contributed by atoms with Crippen LogP contribution in [0.1, 0.15) is 24.1 Å². The van der Waals surface area contributed by atoms with Crippen LogP contribution in [0.25, 0.3) is 0 Å². The van der Waals surface area contributed by atoms with Crippen LogP contribution < -0.4 is 14.8 Å². The summed E-state index contributed by atoms with van der Waals surface area (Å²) in [7, 11) is 4.05. The van der Waals surface area contributed by atoms with Gasteiger partial charge in [-0.15, -0.1) is 0 Å². The fourth-order valence-electron chi connectivity index (χ4n) is 3.44. The van der Waals surface area contributed by atoms with Crippen molar-refractivity contribution in [2.75, 3.05) is 40.3 Å². The van der Waals surface area contributed by atoms with E-state index in [4.69, 9.17) is 9.47 Å². The Morgan fingerprint density at radius 3 is 2.48 bits per heavy atom. The molecule has 6 nitrogen and oxygen atoms in total. The Bertz CT molecular complexity index is 807. The summed E-state index contributed by atoms with van der Waals surface area (Å²) in [6.45, 7) is 6.10. The molecular weight excluding hydrogens is 366 g/mol. The van der Waals surface area contributed by atoms with Crippen LogP contribution in [0.3, 0.4) is 0 Å². The third-order valence-corrected chi connectivity index (χ3v) is 5.19. The first-order valence-corrected chi connectivity index (χ1v) is 10.1. The summed E-state index contributed by atoms with van der Waals surface area (Å²) >= 11 is 0. The lowest BCUT2D eigenvalue weighted by Gasteiger charge is -2.32. The summed E-state index contributed by atoms with van der Waals surface area (Å²) in [5.74, 6) is 1.48. The van der Waals surface area contributed by atoms with Crippen LogP contribution in [0.5, 0.6) is 11.5 Å². The van der Waals surface area contributed by atoms with Crippen molar-refractivity contribution in [3.05, 3.63) is 59.7 Å². The molecule has 2 aromatic carbocycles. The average Bonchev–Trinajstić information content (AvgIpc) is 2.73. The third-order valence-electron chi connectivity index (χ3n) is 5.19. The van der Waals surface area contributed by atoms with Gasteiger partial charge >= 0.3 is 6.03 Å². The average molecular weight is 398 g/mol. The molecule has 0 saturated carbocycles. The van der Waals surface area contributed by atoms with Gasteiger partial charge in [-0.3, -0.25) is 0 Å². The summed E-state index contributed by atoms with van der Waals surface area (Å²) < 4.78 is 11.8. The highest BCUT2D eigenvalue weighted by molar-refractivity contribution is 5.74. The smallest absolute Gasteiger partial charge is 0.317 e. The third kappa shape index (κ3) is 5.41. The second-order valence-corrected chi connectivity index (χ2v) is 7.61. The number of nitrogens with zero attached hydrogens (tertiary/aromatic N) is 2. The van der Waals surface area contributed by atoms with Gasteiger partial charge in [-0.1, -0.05) is 42.0 Å². The molecule has 1 N–H and O–H groups in total. The number of hydrogen-bond acceptors (Lipinski definition) is 4. The second-order valence-electron chi connectivity index (χ2n) is 7.61. The molecule has 1 aliphatic rings. The van der Waals surface area contributed by atoms with E-state index in [1.54, 1.807) is 4.90 Å². The van der Waals surface area contributed by atoms with Crippen molar-refractivity contribution < 1.29 is 14.3 Å². The summed E-state index contributed by atoms with van der Waals surface area (Å²) in [4.78, 5) is 16.7. The van der Waals surface area contributed by atoms with E-state index >= 15 is 0 Å². The van der Waals surface area contributed by atoms with Crippen LogP contribution in [0.2, 0.25) is 0 Å². The Labute approximate surface area is 173 Å². The number of carbonyl (C=O) groups excluding carboxylic acids is 1. The van der Waals surface area contributed by atoms with Crippen molar-refractivity contribution in [3.8, 4) is 11.5 Å². The molecule has 0 radical (unpaired) electrons. The molecule has 2 unspecified atom stereocenters. The second kappa shape index (κ2) is 9.65. The maximum Gasteiger partial charge on any atom is 0.317 e. The molecule has 1 aliphatic heterocycles. The lowest BCUT2D eigenvalue weighted by molar-refractivity contribution is 0.0673. The number of urea groups is 1. The van der Waals surface area contributed by atoms with E-state index in [2.05, 4.69) is 41.4 Å². The molecule has 0 saturated heterocycles. The topological polar surface area (TPSA) is 54.0 Å². The normalized spacial score (nSPS) is 16.4. The number of fused-ring (bicyclic) bond motifs is 1. The molecule has 0 aromatic heterocycles. The Balaban J connectivity index is 1.57. The first-order valence-electron chi connectivity index (χ1n) is 10.1. The number of carbonyl (C=O) groups is 1. The first kappa shape index (κ1) is 21.0. The van der Waals surface area contributed by atoms with Crippen LogP contribution in [0, 0.1) is 6.92 Å². The van der Waals surface area contributed by atoms with Crippen LogP contribution >= 0.6 is 0 Å². The molecule has 6 heteroatoms. The number of aryl methyl sites for hydroxylation is 1. The van der Waals surface area contributed by atoms with E-state index in [-0.39, 0.29) is 18.2 Å². The van der Waals surface area contributed by atoms with E-state index in [1.165, 1.54) is 11.1 Å². The quantitative estimate of drug-likeness (QED) is 0.777. The van der Waals surface area contributed by atoms with Gasteiger partial charge in [0.05, 0.1) is 12.6 Å². The van der Waals surface area contributed by atoms with Gasteiger partial charge in [0.25, 0.3) is 0 Å². The van der Waals surface area contributed by atoms with Crippen molar-refractivity contribution in [3.63, 3.8) is 0 Å². The zero-order chi connectivity index (χ0) is 20.8. The predicted molar refractivity (Wildman–Crippen MR) is 115 cm³/mol. The van der Waals surface area contributed by atoms with E-state index in [1.807, 2.05) is 45.3 Å². The minimum Gasteiger partial charge on any atom is -0.486 e. The van der Waals surface area contributed by atoms with Crippen LogP contribution in [0.4, 0.5) is 4.79 Å². The van der Waals surface area contributed by atoms with Gasteiger partial charge in [-0.25, -0.2) is 4.79 Å². The largest absolute Gasteiger partial charge is 0.486 e. The van der Waals surface area contributed by atoms with E-state index in [0.717, 1.165) is 11.5 Å². The Kier molecular flexibility index (Phi) is 6.99. The van der Waals surface area contributed by atoms with Crippen LogP contribution in [-0.2, 0) is 0 Å². The highest BCUT2D eigenvalue weighted by Gasteiger charge is 2.25. The number of likely N-dealkylation sites (N-methyl/N-ethyl adjacent to an activating group) is 2. The first-order chi connectivity index (χ1) is 14.0. The van der Waals surface area contributed by atoms with Gasteiger partial charge in [-0.05, 0) is 45.6 Å². The van der Waals surface area contributed by atoms with Gasteiger partial charge in [-0.2, -0.15) is 0 Å². The lowest BCUT2D eigenvalue weighted by atomic mass is 10.0. The van der Waals surface area contributed by atoms with Crippen molar-refractivity contribution >= 4 is 6.03 Å². The molecule has 29 heavy (non-hydrogen) atoms. The number of ether oxygens (including phenoxy) is 2. The van der Waals surface area contributed by atoms with Gasteiger partial charge in [0.1, 0.15) is 6.61 Å². The molecule has 1 heterocycles. The number of amides is 2. The molecule has 0 spiro atoms. The molecule has 0 bridgehead atoms. The minimum absolute atomic E-state index is 0.0890. The summed E-state index contributed by atoms with van der Waals surface area (Å²) in [6, 6.07) is 16.1. The zero-order valence-corrected chi connectivity index (χ0v) is 17.7. The fraction of sp³-hybridized carbons (Fsp3) is 0.435. The Hall–Kier alpha value is -2.73. The zero-order valence-electron chi connectivity index (χ0n) is 17.7. The van der Waals surface area contributed by atoms with E-state index in [9.17, 15) is 4.79 Å². The van der Waals surface area contributed by atoms with Gasteiger partial charge in [0, 0.05) is 13.1 Å².